The van der Waals surface area contributed by atoms with Crippen LogP contribution in [-0.4, -0.2) is 48.6 Å². The first-order chi connectivity index (χ1) is 12.1. The number of nitrogens with zero attached hydrogens (tertiary/aromatic N) is 2. The van der Waals surface area contributed by atoms with Gasteiger partial charge in [-0.2, -0.15) is 0 Å². The first-order valence-electron chi connectivity index (χ1n) is 8.42. The zero-order valence-corrected chi connectivity index (χ0v) is 14.2. The first kappa shape index (κ1) is 17.5. The van der Waals surface area contributed by atoms with E-state index in [0.29, 0.717) is 25.5 Å². The molecule has 0 bridgehead atoms. The number of pyridine rings is 1. The minimum absolute atomic E-state index is 0.0294. The third kappa shape index (κ3) is 4.61. The fourth-order valence-corrected chi connectivity index (χ4v) is 2.98. The van der Waals surface area contributed by atoms with Gasteiger partial charge in [-0.05, 0) is 36.8 Å². The second-order valence-corrected chi connectivity index (χ2v) is 6.09. The van der Waals surface area contributed by atoms with E-state index in [1.807, 2.05) is 19.1 Å². The van der Waals surface area contributed by atoms with E-state index in [1.54, 1.807) is 18.2 Å². The number of amides is 1. The van der Waals surface area contributed by atoms with Gasteiger partial charge in [0, 0.05) is 25.3 Å². The molecule has 25 heavy (non-hydrogen) atoms. The van der Waals surface area contributed by atoms with Gasteiger partial charge in [0.1, 0.15) is 11.5 Å². The molecule has 3 rings (SSSR count). The predicted molar refractivity (Wildman–Crippen MR) is 92.8 cm³/mol. The average molecular weight is 343 g/mol. The molecule has 1 fully saturated rings. The van der Waals surface area contributed by atoms with Crippen molar-refractivity contribution in [3.05, 3.63) is 65.2 Å². The van der Waals surface area contributed by atoms with Crippen LogP contribution in [0.2, 0.25) is 0 Å². The monoisotopic (exact) mass is 343 g/mol. The lowest BCUT2D eigenvalue weighted by Gasteiger charge is -2.34. The summed E-state index contributed by atoms with van der Waals surface area (Å²) < 4.78 is 18.7. The number of rotatable bonds is 5. The van der Waals surface area contributed by atoms with Crippen LogP contribution in [-0.2, 0) is 4.74 Å². The molecule has 2 heterocycles. The van der Waals surface area contributed by atoms with Crippen LogP contribution < -0.4 is 5.32 Å². The molecule has 0 aliphatic carbocycles. The third-order valence-electron chi connectivity index (χ3n) is 4.32. The molecule has 0 spiro atoms. The van der Waals surface area contributed by atoms with Crippen LogP contribution in [0.25, 0.3) is 0 Å². The summed E-state index contributed by atoms with van der Waals surface area (Å²) in [5.41, 5.74) is 2.18. The zero-order valence-electron chi connectivity index (χ0n) is 14.2. The summed E-state index contributed by atoms with van der Waals surface area (Å²) >= 11 is 0. The van der Waals surface area contributed by atoms with Crippen molar-refractivity contribution in [1.82, 2.24) is 15.2 Å². The molecule has 1 aliphatic heterocycles. The van der Waals surface area contributed by atoms with E-state index in [-0.39, 0.29) is 17.8 Å². The van der Waals surface area contributed by atoms with Crippen LogP contribution in [0, 0.1) is 12.7 Å². The standard InChI is InChI=1S/C19H22FN3O2/c1-14-3-2-4-17(22-14)19(24)21-13-18(23-9-11-25-12-10-23)15-5-7-16(20)8-6-15/h2-8,18H,9-13H2,1H3,(H,21,24)/t18-/m1/s1. The normalized spacial score (nSPS) is 16.4. The molecule has 0 unspecified atom stereocenters. The van der Waals surface area contributed by atoms with E-state index in [0.717, 1.165) is 24.3 Å². The van der Waals surface area contributed by atoms with Gasteiger partial charge >= 0.3 is 0 Å². The Bertz CT molecular complexity index is 715. The second kappa shape index (κ2) is 8.18. The Labute approximate surface area is 146 Å². The van der Waals surface area contributed by atoms with Gasteiger partial charge in [0.15, 0.2) is 0 Å². The highest BCUT2D eigenvalue weighted by molar-refractivity contribution is 5.92. The van der Waals surface area contributed by atoms with E-state index in [2.05, 4.69) is 15.2 Å². The number of aryl methyl sites for hydroxylation is 1. The Morgan fingerprint density at radius 2 is 1.96 bits per heavy atom. The van der Waals surface area contributed by atoms with Crippen LogP contribution in [0.5, 0.6) is 0 Å². The molecule has 132 valence electrons. The smallest absolute Gasteiger partial charge is 0.269 e. The zero-order chi connectivity index (χ0) is 17.6. The number of benzene rings is 1. The molecule has 1 aliphatic rings. The van der Waals surface area contributed by atoms with E-state index in [1.165, 1.54) is 12.1 Å². The van der Waals surface area contributed by atoms with E-state index in [4.69, 9.17) is 4.74 Å². The van der Waals surface area contributed by atoms with Gasteiger partial charge in [-0.3, -0.25) is 9.69 Å². The lowest BCUT2D eigenvalue weighted by Crippen LogP contribution is -2.44. The molecule has 6 heteroatoms. The number of aromatic nitrogens is 1. The molecule has 5 nitrogen and oxygen atoms in total. The van der Waals surface area contributed by atoms with Crippen molar-refractivity contribution in [2.24, 2.45) is 0 Å². The highest BCUT2D eigenvalue weighted by Gasteiger charge is 2.23. The summed E-state index contributed by atoms with van der Waals surface area (Å²) in [6.07, 6.45) is 0. The fourth-order valence-electron chi connectivity index (χ4n) is 2.98. The fraction of sp³-hybridized carbons (Fsp3) is 0.368. The van der Waals surface area contributed by atoms with Crippen molar-refractivity contribution in [3.63, 3.8) is 0 Å². The first-order valence-corrected chi connectivity index (χ1v) is 8.42. The lowest BCUT2D eigenvalue weighted by atomic mass is 10.0. The second-order valence-electron chi connectivity index (χ2n) is 6.09. The molecule has 0 saturated carbocycles. The minimum Gasteiger partial charge on any atom is -0.379 e. The molecule has 1 saturated heterocycles. The molecule has 1 N–H and O–H groups in total. The summed E-state index contributed by atoms with van der Waals surface area (Å²) in [5.74, 6) is -0.471. The summed E-state index contributed by atoms with van der Waals surface area (Å²) in [7, 11) is 0. The summed E-state index contributed by atoms with van der Waals surface area (Å²) in [6.45, 7) is 5.16. The molecular weight excluding hydrogens is 321 g/mol. The number of hydrogen-bond acceptors (Lipinski definition) is 4. The van der Waals surface area contributed by atoms with Gasteiger partial charge < -0.3 is 10.1 Å². The highest BCUT2D eigenvalue weighted by atomic mass is 19.1. The Balaban J connectivity index is 1.73. The van der Waals surface area contributed by atoms with Gasteiger partial charge in [0.05, 0.1) is 19.3 Å². The largest absolute Gasteiger partial charge is 0.379 e. The van der Waals surface area contributed by atoms with E-state index < -0.39 is 0 Å². The molecule has 2 aromatic rings. The number of carbonyl (C=O) groups excluding carboxylic acids is 1. The molecular formula is C19H22FN3O2. The summed E-state index contributed by atoms with van der Waals surface area (Å²) in [4.78, 5) is 18.9. The average Bonchev–Trinajstić information content (AvgIpc) is 2.64. The van der Waals surface area contributed by atoms with Crippen molar-refractivity contribution < 1.29 is 13.9 Å². The summed E-state index contributed by atoms with van der Waals surface area (Å²) in [5, 5.41) is 2.96. The number of hydrogen-bond donors (Lipinski definition) is 1. The number of ether oxygens (including phenoxy) is 1. The lowest BCUT2D eigenvalue weighted by molar-refractivity contribution is 0.0162. The predicted octanol–water partition coefficient (Wildman–Crippen LogP) is 2.33. The molecule has 1 amide bonds. The van der Waals surface area contributed by atoms with Crippen molar-refractivity contribution in [1.29, 1.82) is 0 Å². The number of carbonyl (C=O) groups is 1. The van der Waals surface area contributed by atoms with Crippen molar-refractivity contribution >= 4 is 5.91 Å². The maximum Gasteiger partial charge on any atom is 0.269 e. The van der Waals surface area contributed by atoms with Gasteiger partial charge in [-0.15, -0.1) is 0 Å². The third-order valence-corrected chi connectivity index (χ3v) is 4.32. The molecule has 1 atom stereocenters. The highest BCUT2D eigenvalue weighted by Crippen LogP contribution is 2.21. The summed E-state index contributed by atoms with van der Waals surface area (Å²) in [6, 6.07) is 11.8. The molecule has 1 aromatic heterocycles. The molecule has 0 radical (unpaired) electrons. The van der Waals surface area contributed by atoms with Crippen molar-refractivity contribution in [2.75, 3.05) is 32.8 Å². The Morgan fingerprint density at radius 3 is 2.64 bits per heavy atom. The SMILES string of the molecule is Cc1cccc(C(=O)NC[C@H](c2ccc(F)cc2)N2CCOCC2)n1. The Morgan fingerprint density at radius 1 is 1.24 bits per heavy atom. The Hall–Kier alpha value is -2.31. The van der Waals surface area contributed by atoms with Crippen molar-refractivity contribution in [3.8, 4) is 0 Å². The quantitative estimate of drug-likeness (QED) is 0.905. The van der Waals surface area contributed by atoms with Gasteiger partial charge in [0.25, 0.3) is 5.91 Å². The van der Waals surface area contributed by atoms with E-state index in [9.17, 15) is 9.18 Å². The van der Waals surface area contributed by atoms with E-state index >= 15 is 0 Å². The van der Waals surface area contributed by atoms with Gasteiger partial charge in [-0.1, -0.05) is 18.2 Å². The van der Waals surface area contributed by atoms with Crippen LogP contribution in [0.15, 0.2) is 42.5 Å². The van der Waals surface area contributed by atoms with Crippen LogP contribution in [0.3, 0.4) is 0 Å². The number of nitrogens with one attached hydrogen (secondary N) is 1. The maximum absolute atomic E-state index is 13.3. The minimum atomic E-state index is -0.266. The molecule has 1 aromatic carbocycles. The maximum atomic E-state index is 13.3. The van der Waals surface area contributed by atoms with Crippen LogP contribution >= 0.6 is 0 Å². The topological polar surface area (TPSA) is 54.5 Å². The van der Waals surface area contributed by atoms with Crippen molar-refractivity contribution in [2.45, 2.75) is 13.0 Å². The van der Waals surface area contributed by atoms with Gasteiger partial charge in [-0.25, -0.2) is 9.37 Å². The van der Waals surface area contributed by atoms with Crippen LogP contribution in [0.1, 0.15) is 27.8 Å². The number of halogens is 1. The van der Waals surface area contributed by atoms with Gasteiger partial charge in [0.2, 0.25) is 0 Å². The van der Waals surface area contributed by atoms with Crippen LogP contribution in [0.4, 0.5) is 4.39 Å². The Kier molecular flexibility index (Phi) is 5.73. The number of morpholine rings is 1.